The van der Waals surface area contributed by atoms with E-state index in [4.69, 9.17) is 0 Å². The molecule has 0 N–H and O–H groups in total. The summed E-state index contributed by atoms with van der Waals surface area (Å²) in [6.07, 6.45) is -3.40. The van der Waals surface area contributed by atoms with Crippen molar-refractivity contribution in [3.8, 4) is 17.4 Å². The van der Waals surface area contributed by atoms with Crippen molar-refractivity contribution in [3.05, 3.63) is 35.4 Å². The van der Waals surface area contributed by atoms with Crippen LogP contribution in [0.1, 0.15) is 24.6 Å². The SMILES string of the molecule is CCCc1cccc(-c2nc(F)c(C(F)(F)F)c(OC)n2)n1. The minimum Gasteiger partial charge on any atom is -0.480 e. The lowest BCUT2D eigenvalue weighted by Crippen LogP contribution is -2.14. The Labute approximate surface area is 124 Å². The summed E-state index contributed by atoms with van der Waals surface area (Å²) in [6, 6.07) is 4.93. The van der Waals surface area contributed by atoms with Gasteiger partial charge in [-0.3, -0.25) is 0 Å². The first-order valence-corrected chi connectivity index (χ1v) is 6.51. The Hall–Kier alpha value is -2.25. The Kier molecular flexibility index (Phi) is 4.58. The molecule has 0 amide bonds. The maximum absolute atomic E-state index is 13.7. The van der Waals surface area contributed by atoms with Crippen LogP contribution in [0.25, 0.3) is 11.5 Å². The number of hydrogen-bond donors (Lipinski definition) is 0. The fraction of sp³-hybridized carbons (Fsp3) is 0.357. The zero-order valence-electron chi connectivity index (χ0n) is 11.9. The average Bonchev–Trinajstić information content (AvgIpc) is 2.45. The second-order valence-electron chi connectivity index (χ2n) is 4.48. The van der Waals surface area contributed by atoms with Crippen molar-refractivity contribution in [2.24, 2.45) is 0 Å². The Bertz CT molecular complexity index is 674. The Morgan fingerprint density at radius 2 is 1.86 bits per heavy atom. The van der Waals surface area contributed by atoms with Crippen LogP contribution in [-0.4, -0.2) is 22.1 Å². The molecule has 118 valence electrons. The third kappa shape index (κ3) is 3.32. The van der Waals surface area contributed by atoms with E-state index >= 15 is 0 Å². The summed E-state index contributed by atoms with van der Waals surface area (Å²) in [6.45, 7) is 1.96. The minimum atomic E-state index is -4.94. The van der Waals surface area contributed by atoms with Crippen molar-refractivity contribution in [1.29, 1.82) is 0 Å². The van der Waals surface area contributed by atoms with E-state index in [-0.39, 0.29) is 11.5 Å². The summed E-state index contributed by atoms with van der Waals surface area (Å²) >= 11 is 0. The first-order chi connectivity index (χ1) is 10.4. The van der Waals surface area contributed by atoms with Gasteiger partial charge < -0.3 is 4.74 Å². The molecule has 0 aliphatic heterocycles. The molecule has 0 saturated carbocycles. The molecule has 0 fully saturated rings. The van der Waals surface area contributed by atoms with Crippen molar-refractivity contribution < 1.29 is 22.3 Å². The van der Waals surface area contributed by atoms with Crippen molar-refractivity contribution >= 4 is 0 Å². The fourth-order valence-electron chi connectivity index (χ4n) is 1.91. The van der Waals surface area contributed by atoms with Crippen LogP contribution in [0.2, 0.25) is 0 Å². The molecule has 0 unspecified atom stereocenters. The van der Waals surface area contributed by atoms with Gasteiger partial charge in [0.15, 0.2) is 11.4 Å². The molecule has 0 atom stereocenters. The number of rotatable bonds is 4. The lowest BCUT2D eigenvalue weighted by atomic mass is 10.2. The van der Waals surface area contributed by atoms with Gasteiger partial charge in [-0.2, -0.15) is 27.5 Å². The Balaban J connectivity index is 2.54. The predicted octanol–water partition coefficient (Wildman–Crippen LogP) is 3.66. The van der Waals surface area contributed by atoms with E-state index in [0.717, 1.165) is 19.2 Å². The van der Waals surface area contributed by atoms with Crippen molar-refractivity contribution in [2.45, 2.75) is 25.9 Å². The fourth-order valence-corrected chi connectivity index (χ4v) is 1.91. The third-order valence-corrected chi connectivity index (χ3v) is 2.85. The molecule has 0 radical (unpaired) electrons. The average molecular weight is 315 g/mol. The summed E-state index contributed by atoms with van der Waals surface area (Å²) in [5.41, 5.74) is -0.705. The van der Waals surface area contributed by atoms with Gasteiger partial charge in [-0.05, 0) is 18.6 Å². The lowest BCUT2D eigenvalue weighted by Gasteiger charge is -2.12. The number of pyridine rings is 1. The molecule has 0 aromatic carbocycles. The molecule has 2 heterocycles. The highest BCUT2D eigenvalue weighted by molar-refractivity contribution is 5.51. The van der Waals surface area contributed by atoms with Crippen LogP contribution >= 0.6 is 0 Å². The molecule has 4 nitrogen and oxygen atoms in total. The largest absolute Gasteiger partial charge is 0.480 e. The number of hydrogen-bond acceptors (Lipinski definition) is 4. The lowest BCUT2D eigenvalue weighted by molar-refractivity contribution is -0.142. The van der Waals surface area contributed by atoms with Gasteiger partial charge in [-0.15, -0.1) is 0 Å². The van der Waals surface area contributed by atoms with Gasteiger partial charge in [0, 0.05) is 5.69 Å². The monoisotopic (exact) mass is 315 g/mol. The summed E-state index contributed by atoms with van der Waals surface area (Å²) in [5.74, 6) is -2.80. The summed E-state index contributed by atoms with van der Waals surface area (Å²) in [5, 5.41) is 0. The zero-order chi connectivity index (χ0) is 16.3. The molecule has 8 heteroatoms. The molecule has 2 rings (SSSR count). The van der Waals surface area contributed by atoms with Crippen LogP contribution in [0, 0.1) is 5.95 Å². The second kappa shape index (κ2) is 6.25. The second-order valence-corrected chi connectivity index (χ2v) is 4.48. The highest BCUT2D eigenvalue weighted by Gasteiger charge is 2.40. The van der Waals surface area contributed by atoms with Gasteiger partial charge in [-0.25, -0.2) is 4.98 Å². The summed E-state index contributed by atoms with van der Waals surface area (Å²) in [4.78, 5) is 11.1. The number of aromatic nitrogens is 3. The van der Waals surface area contributed by atoms with E-state index in [1.807, 2.05) is 6.92 Å². The number of alkyl halides is 3. The highest BCUT2D eigenvalue weighted by Crippen LogP contribution is 2.37. The Morgan fingerprint density at radius 3 is 2.45 bits per heavy atom. The maximum atomic E-state index is 13.7. The van der Waals surface area contributed by atoms with Crippen LogP contribution in [0.15, 0.2) is 18.2 Å². The molecular formula is C14H13F4N3O. The molecule has 2 aromatic heterocycles. The van der Waals surface area contributed by atoms with E-state index < -0.39 is 23.6 Å². The first kappa shape index (κ1) is 16.1. The molecule has 0 aliphatic carbocycles. The van der Waals surface area contributed by atoms with Crippen LogP contribution in [0.5, 0.6) is 5.88 Å². The van der Waals surface area contributed by atoms with E-state index in [1.54, 1.807) is 12.1 Å². The van der Waals surface area contributed by atoms with Crippen molar-refractivity contribution in [2.75, 3.05) is 7.11 Å². The van der Waals surface area contributed by atoms with Crippen LogP contribution in [0.3, 0.4) is 0 Å². The Morgan fingerprint density at radius 1 is 1.14 bits per heavy atom. The number of aryl methyl sites for hydroxylation is 1. The van der Waals surface area contributed by atoms with Crippen molar-refractivity contribution in [1.82, 2.24) is 15.0 Å². The van der Waals surface area contributed by atoms with E-state index in [0.29, 0.717) is 6.42 Å². The van der Waals surface area contributed by atoms with E-state index in [1.165, 1.54) is 6.07 Å². The summed E-state index contributed by atoms with van der Waals surface area (Å²) < 4.78 is 56.6. The predicted molar refractivity (Wildman–Crippen MR) is 70.8 cm³/mol. The standard InChI is InChI=1S/C14H13F4N3O/c1-3-5-8-6-4-7-9(19-8)12-20-11(15)10(14(16,17)18)13(21-12)22-2/h4,6-7H,3,5H2,1-2H3. The van der Waals surface area contributed by atoms with Crippen LogP contribution in [0.4, 0.5) is 17.6 Å². The maximum Gasteiger partial charge on any atom is 0.426 e. The van der Waals surface area contributed by atoms with Gasteiger partial charge in [-0.1, -0.05) is 19.4 Å². The molecule has 2 aromatic rings. The number of methoxy groups -OCH3 is 1. The van der Waals surface area contributed by atoms with E-state index in [9.17, 15) is 17.6 Å². The number of halogens is 4. The minimum absolute atomic E-state index is 0.192. The van der Waals surface area contributed by atoms with Gasteiger partial charge in [0.2, 0.25) is 11.8 Å². The molecule has 0 aliphatic rings. The number of ether oxygens (including phenoxy) is 1. The van der Waals surface area contributed by atoms with Gasteiger partial charge in [0.25, 0.3) is 0 Å². The van der Waals surface area contributed by atoms with Crippen LogP contribution < -0.4 is 4.74 Å². The van der Waals surface area contributed by atoms with Gasteiger partial charge >= 0.3 is 6.18 Å². The molecule has 0 bridgehead atoms. The van der Waals surface area contributed by atoms with Crippen LogP contribution in [-0.2, 0) is 12.6 Å². The topological polar surface area (TPSA) is 47.9 Å². The highest BCUT2D eigenvalue weighted by atomic mass is 19.4. The normalized spacial score (nSPS) is 11.5. The van der Waals surface area contributed by atoms with Gasteiger partial charge in [0.05, 0.1) is 7.11 Å². The first-order valence-electron chi connectivity index (χ1n) is 6.51. The number of nitrogens with zero attached hydrogens (tertiary/aromatic N) is 3. The zero-order valence-corrected chi connectivity index (χ0v) is 11.9. The molecule has 22 heavy (non-hydrogen) atoms. The summed E-state index contributed by atoms with van der Waals surface area (Å²) in [7, 11) is 0.988. The third-order valence-electron chi connectivity index (χ3n) is 2.85. The van der Waals surface area contributed by atoms with E-state index in [2.05, 4.69) is 19.7 Å². The molecule has 0 saturated heterocycles. The quantitative estimate of drug-likeness (QED) is 0.638. The van der Waals surface area contributed by atoms with Crippen molar-refractivity contribution in [3.63, 3.8) is 0 Å². The molecular weight excluding hydrogens is 302 g/mol. The smallest absolute Gasteiger partial charge is 0.426 e. The molecule has 0 spiro atoms. The van der Waals surface area contributed by atoms with Gasteiger partial charge in [0.1, 0.15) is 5.69 Å².